The standard InChI is InChI=1S/C22H27F2N3O2/c1-27-13-14(12-25-27)9-20(28)18-10-15(3-4-21(18)29-2)17-11-19(17)26-16-5-7-22(23,24)8-6-16/h3-4,10,12-13,16-17,19,26H,5-9,11H2,1-2H3. The van der Waals surface area contributed by atoms with Crippen molar-refractivity contribution in [2.45, 2.75) is 62.4 Å². The van der Waals surface area contributed by atoms with E-state index in [1.54, 1.807) is 18.0 Å². The van der Waals surface area contributed by atoms with Gasteiger partial charge in [-0.15, -0.1) is 0 Å². The molecule has 0 bridgehead atoms. The molecule has 1 heterocycles. The summed E-state index contributed by atoms with van der Waals surface area (Å²) in [5, 5.41) is 7.65. The molecule has 2 fully saturated rings. The van der Waals surface area contributed by atoms with Gasteiger partial charge < -0.3 is 10.1 Å². The van der Waals surface area contributed by atoms with Gasteiger partial charge in [-0.25, -0.2) is 8.78 Å². The van der Waals surface area contributed by atoms with Crippen molar-refractivity contribution in [3.63, 3.8) is 0 Å². The summed E-state index contributed by atoms with van der Waals surface area (Å²) in [4.78, 5) is 12.9. The highest BCUT2D eigenvalue weighted by molar-refractivity contribution is 6.00. The van der Waals surface area contributed by atoms with Gasteiger partial charge in [-0.05, 0) is 42.5 Å². The molecule has 0 amide bonds. The lowest BCUT2D eigenvalue weighted by Crippen LogP contribution is -2.38. The van der Waals surface area contributed by atoms with Gasteiger partial charge in [0.05, 0.1) is 18.9 Å². The first-order chi connectivity index (χ1) is 13.8. The first-order valence-corrected chi connectivity index (χ1v) is 10.2. The lowest BCUT2D eigenvalue weighted by atomic mass is 9.92. The molecule has 1 aromatic carbocycles. The molecule has 4 rings (SSSR count). The van der Waals surface area contributed by atoms with Gasteiger partial charge in [-0.2, -0.15) is 5.10 Å². The van der Waals surface area contributed by atoms with Crippen molar-refractivity contribution in [2.24, 2.45) is 7.05 Å². The van der Waals surface area contributed by atoms with E-state index in [4.69, 9.17) is 4.74 Å². The lowest BCUT2D eigenvalue weighted by molar-refractivity contribution is -0.0405. The summed E-state index contributed by atoms with van der Waals surface area (Å²) in [6.07, 6.45) is 5.76. The van der Waals surface area contributed by atoms with Crippen LogP contribution >= 0.6 is 0 Å². The number of aryl methyl sites for hydroxylation is 1. The summed E-state index contributed by atoms with van der Waals surface area (Å²) in [7, 11) is 3.39. The number of methoxy groups -OCH3 is 1. The number of alkyl halides is 2. The Morgan fingerprint density at radius 1 is 1.34 bits per heavy atom. The molecule has 29 heavy (non-hydrogen) atoms. The molecule has 0 spiro atoms. The first kappa shape index (κ1) is 20.0. The zero-order valence-electron chi connectivity index (χ0n) is 16.8. The SMILES string of the molecule is COc1ccc(C2CC2NC2CCC(F)(F)CC2)cc1C(=O)Cc1cnn(C)c1. The zero-order chi connectivity index (χ0) is 20.6. The molecule has 1 aromatic heterocycles. The van der Waals surface area contributed by atoms with Crippen molar-refractivity contribution in [2.75, 3.05) is 7.11 Å². The van der Waals surface area contributed by atoms with Gasteiger partial charge in [0, 0.05) is 50.5 Å². The third-order valence-corrected chi connectivity index (χ3v) is 6.03. The minimum absolute atomic E-state index is 0.00336. The van der Waals surface area contributed by atoms with Gasteiger partial charge in [0.15, 0.2) is 5.78 Å². The Hall–Kier alpha value is -2.28. The summed E-state index contributed by atoms with van der Waals surface area (Å²) in [5.74, 6) is -1.62. The summed E-state index contributed by atoms with van der Waals surface area (Å²) >= 11 is 0. The Morgan fingerprint density at radius 3 is 2.76 bits per heavy atom. The monoisotopic (exact) mass is 403 g/mol. The maximum absolute atomic E-state index is 13.3. The number of carbonyl (C=O) groups is 1. The van der Waals surface area contributed by atoms with E-state index < -0.39 is 5.92 Å². The lowest BCUT2D eigenvalue weighted by Gasteiger charge is -2.29. The number of hydrogen-bond acceptors (Lipinski definition) is 4. The number of Topliss-reactive ketones (excluding diaryl/α,β-unsaturated/α-hetero) is 1. The number of benzene rings is 1. The van der Waals surface area contributed by atoms with Gasteiger partial charge >= 0.3 is 0 Å². The van der Waals surface area contributed by atoms with Crippen LogP contribution in [0.25, 0.3) is 0 Å². The molecule has 0 saturated heterocycles. The molecule has 7 heteroatoms. The van der Waals surface area contributed by atoms with E-state index in [-0.39, 0.29) is 31.1 Å². The minimum Gasteiger partial charge on any atom is -0.496 e. The van der Waals surface area contributed by atoms with Crippen LogP contribution in [0, 0.1) is 0 Å². The molecular weight excluding hydrogens is 376 g/mol. The van der Waals surface area contributed by atoms with Crippen molar-refractivity contribution in [1.29, 1.82) is 0 Å². The molecule has 2 aromatic rings. The number of aromatic nitrogens is 2. The molecule has 2 saturated carbocycles. The average molecular weight is 403 g/mol. The zero-order valence-corrected chi connectivity index (χ0v) is 16.8. The third kappa shape index (κ3) is 4.66. The highest BCUT2D eigenvalue weighted by Crippen LogP contribution is 2.43. The number of hydrogen-bond donors (Lipinski definition) is 1. The molecule has 5 nitrogen and oxygen atoms in total. The van der Waals surface area contributed by atoms with E-state index in [1.165, 1.54) is 0 Å². The van der Waals surface area contributed by atoms with E-state index in [1.807, 2.05) is 31.4 Å². The maximum Gasteiger partial charge on any atom is 0.248 e. The van der Waals surface area contributed by atoms with Crippen molar-refractivity contribution in [3.8, 4) is 5.75 Å². The van der Waals surface area contributed by atoms with E-state index >= 15 is 0 Å². The average Bonchev–Trinajstić information content (AvgIpc) is 3.34. The summed E-state index contributed by atoms with van der Waals surface area (Å²) < 4.78 is 33.8. The van der Waals surface area contributed by atoms with Crippen LogP contribution in [0.5, 0.6) is 5.75 Å². The van der Waals surface area contributed by atoms with Gasteiger partial charge in [-0.3, -0.25) is 9.48 Å². The van der Waals surface area contributed by atoms with Crippen LogP contribution in [0.2, 0.25) is 0 Å². The Balaban J connectivity index is 1.41. The van der Waals surface area contributed by atoms with E-state index in [2.05, 4.69) is 10.4 Å². The molecule has 156 valence electrons. The van der Waals surface area contributed by atoms with E-state index in [0.29, 0.717) is 36.1 Å². The number of nitrogens with zero attached hydrogens (tertiary/aromatic N) is 2. The maximum atomic E-state index is 13.3. The highest BCUT2D eigenvalue weighted by atomic mass is 19.3. The number of rotatable bonds is 7. The van der Waals surface area contributed by atoms with Crippen LogP contribution in [0.3, 0.4) is 0 Å². The molecule has 2 unspecified atom stereocenters. The van der Waals surface area contributed by atoms with Crippen LogP contribution < -0.4 is 10.1 Å². The van der Waals surface area contributed by atoms with Crippen LogP contribution in [0.4, 0.5) is 8.78 Å². The van der Waals surface area contributed by atoms with E-state index in [0.717, 1.165) is 17.5 Å². The predicted octanol–water partition coefficient (Wildman–Crippen LogP) is 3.88. The first-order valence-electron chi connectivity index (χ1n) is 10.2. The summed E-state index contributed by atoms with van der Waals surface area (Å²) in [6, 6.07) is 6.23. The smallest absolute Gasteiger partial charge is 0.248 e. The second-order valence-electron chi connectivity index (χ2n) is 8.33. The van der Waals surface area contributed by atoms with Crippen LogP contribution in [-0.4, -0.2) is 40.7 Å². The second kappa shape index (κ2) is 7.86. The fourth-order valence-electron chi connectivity index (χ4n) is 4.28. The number of carbonyl (C=O) groups excluding carboxylic acids is 1. The summed E-state index contributed by atoms with van der Waals surface area (Å²) in [5.41, 5.74) is 2.54. The molecule has 1 N–H and O–H groups in total. The summed E-state index contributed by atoms with van der Waals surface area (Å²) in [6.45, 7) is 0. The number of ether oxygens (including phenoxy) is 1. The Labute approximate surface area is 169 Å². The number of halogens is 2. The number of nitrogens with one attached hydrogen (secondary N) is 1. The van der Waals surface area contributed by atoms with Crippen molar-refractivity contribution in [1.82, 2.24) is 15.1 Å². The Kier molecular flexibility index (Phi) is 5.42. The second-order valence-corrected chi connectivity index (χ2v) is 8.33. The molecule has 0 radical (unpaired) electrons. The highest BCUT2D eigenvalue weighted by Gasteiger charge is 2.42. The molecular formula is C22H27F2N3O2. The molecule has 2 aliphatic carbocycles. The topological polar surface area (TPSA) is 56.1 Å². The van der Waals surface area contributed by atoms with Crippen LogP contribution in [-0.2, 0) is 13.5 Å². The Bertz CT molecular complexity index is 886. The third-order valence-electron chi connectivity index (χ3n) is 6.03. The van der Waals surface area contributed by atoms with Gasteiger partial charge in [0.25, 0.3) is 0 Å². The van der Waals surface area contributed by atoms with Gasteiger partial charge in [-0.1, -0.05) is 6.07 Å². The van der Waals surface area contributed by atoms with Crippen molar-refractivity contribution < 1.29 is 18.3 Å². The van der Waals surface area contributed by atoms with E-state index in [9.17, 15) is 13.6 Å². The normalized spacial score (nSPS) is 23.7. The van der Waals surface area contributed by atoms with Crippen LogP contribution in [0.15, 0.2) is 30.6 Å². The fourth-order valence-corrected chi connectivity index (χ4v) is 4.28. The van der Waals surface area contributed by atoms with Gasteiger partial charge in [0.1, 0.15) is 5.75 Å². The minimum atomic E-state index is -2.50. The molecule has 2 atom stereocenters. The predicted molar refractivity (Wildman–Crippen MR) is 106 cm³/mol. The fraction of sp³-hybridized carbons (Fsp3) is 0.545. The molecule has 2 aliphatic rings. The van der Waals surface area contributed by atoms with Gasteiger partial charge in [0.2, 0.25) is 5.92 Å². The number of ketones is 1. The van der Waals surface area contributed by atoms with Crippen molar-refractivity contribution in [3.05, 3.63) is 47.3 Å². The van der Waals surface area contributed by atoms with Crippen LogP contribution in [0.1, 0.15) is 59.5 Å². The largest absolute Gasteiger partial charge is 0.496 e. The quantitative estimate of drug-likeness (QED) is 0.713. The Morgan fingerprint density at radius 2 is 2.10 bits per heavy atom. The molecule has 0 aliphatic heterocycles. The van der Waals surface area contributed by atoms with Crippen molar-refractivity contribution >= 4 is 5.78 Å².